The Bertz CT molecular complexity index is 263. The summed E-state index contributed by atoms with van der Waals surface area (Å²) in [6.45, 7) is 6.45. The molecule has 0 saturated carbocycles. The van der Waals surface area contributed by atoms with Gasteiger partial charge in [0, 0.05) is 0 Å². The third-order valence-corrected chi connectivity index (χ3v) is 8.98. The van der Waals surface area contributed by atoms with E-state index in [9.17, 15) is 0 Å². The Balaban J connectivity index is 2.70. The van der Waals surface area contributed by atoms with Crippen LogP contribution >= 0.6 is 11.8 Å². The van der Waals surface area contributed by atoms with Crippen LogP contribution in [0.1, 0.15) is 0 Å². The van der Waals surface area contributed by atoms with E-state index in [0.29, 0.717) is 0 Å². The molecule has 72 valence electrons. The normalized spacial score (nSPS) is 11.7. The monoisotopic (exact) mass is 276 g/mol. The average molecular weight is 275 g/mol. The molecule has 1 aromatic carbocycles. The van der Waals surface area contributed by atoms with E-state index >= 15 is 0 Å². The molecular weight excluding hydrogens is 259 g/mol. The van der Waals surface area contributed by atoms with Crippen molar-refractivity contribution in [3.8, 4) is 0 Å². The first-order valence-corrected chi connectivity index (χ1v) is 12.4. The van der Waals surface area contributed by atoms with E-state index in [1.54, 1.807) is 4.46 Å². The van der Waals surface area contributed by atoms with Gasteiger partial charge in [-0.15, -0.1) is 0 Å². The molecule has 0 fully saturated rings. The van der Waals surface area contributed by atoms with Gasteiger partial charge in [0.15, 0.2) is 0 Å². The van der Waals surface area contributed by atoms with Gasteiger partial charge in [-0.1, -0.05) is 0 Å². The first-order chi connectivity index (χ1) is 6.01. The maximum absolute atomic E-state index is 2.44. The zero-order chi connectivity index (χ0) is 9.90. The molecule has 1 aromatic rings. The zero-order valence-corrected chi connectivity index (χ0v) is 12.2. The van der Waals surface area contributed by atoms with Gasteiger partial charge in [0.25, 0.3) is 0 Å². The number of thioether (sulfide) groups is 1. The molecule has 0 aliphatic rings. The van der Waals surface area contributed by atoms with E-state index in [2.05, 4.69) is 50.2 Å². The summed E-state index contributed by atoms with van der Waals surface area (Å²) in [6.07, 6.45) is 2.12. The fourth-order valence-electron chi connectivity index (χ4n) is 0.997. The molecule has 0 radical (unpaired) electrons. The van der Waals surface area contributed by atoms with Gasteiger partial charge in [0.2, 0.25) is 0 Å². The quantitative estimate of drug-likeness (QED) is 0.603. The second kappa shape index (κ2) is 4.69. The first kappa shape index (κ1) is 11.4. The van der Waals surface area contributed by atoms with Crippen LogP contribution in [0.4, 0.5) is 0 Å². The van der Waals surface area contributed by atoms with Crippen LogP contribution in [0.25, 0.3) is 0 Å². The Kier molecular flexibility index (Phi) is 4.11. The number of benzene rings is 1. The van der Waals surface area contributed by atoms with E-state index in [1.165, 1.54) is 4.90 Å². The summed E-state index contributed by atoms with van der Waals surface area (Å²) in [7, 11) is 0. The van der Waals surface area contributed by atoms with Crippen LogP contribution in [0.3, 0.4) is 0 Å². The van der Waals surface area contributed by atoms with Gasteiger partial charge >= 0.3 is 92.3 Å². The van der Waals surface area contributed by atoms with Crippen molar-refractivity contribution in [2.24, 2.45) is 0 Å². The SMILES string of the molecule is CSc1ccc([Se][Si](C)(C)C)cc1. The van der Waals surface area contributed by atoms with Crippen LogP contribution in [0.5, 0.6) is 0 Å². The molecule has 0 bridgehead atoms. The minimum atomic E-state index is -0.870. The molecule has 0 amide bonds. The van der Waals surface area contributed by atoms with Gasteiger partial charge < -0.3 is 0 Å². The van der Waals surface area contributed by atoms with Crippen molar-refractivity contribution in [2.75, 3.05) is 6.26 Å². The van der Waals surface area contributed by atoms with Crippen LogP contribution in [-0.4, -0.2) is 27.3 Å². The van der Waals surface area contributed by atoms with E-state index < -0.39 is 6.68 Å². The second-order valence-corrected chi connectivity index (χ2v) is 19.2. The van der Waals surface area contributed by atoms with Crippen molar-refractivity contribution in [2.45, 2.75) is 24.5 Å². The molecular formula is C10H16SSeSi. The van der Waals surface area contributed by atoms with Crippen molar-refractivity contribution >= 4 is 37.2 Å². The van der Waals surface area contributed by atoms with Crippen LogP contribution < -0.4 is 4.46 Å². The molecule has 0 spiro atoms. The van der Waals surface area contributed by atoms with Crippen LogP contribution in [-0.2, 0) is 0 Å². The zero-order valence-electron chi connectivity index (χ0n) is 8.63. The van der Waals surface area contributed by atoms with Crippen molar-refractivity contribution in [1.29, 1.82) is 0 Å². The van der Waals surface area contributed by atoms with Gasteiger partial charge in [0.05, 0.1) is 0 Å². The molecule has 13 heavy (non-hydrogen) atoms. The summed E-state index contributed by atoms with van der Waals surface area (Å²) >= 11 is 2.54. The van der Waals surface area contributed by atoms with E-state index in [-0.39, 0.29) is 0 Å². The molecule has 3 heteroatoms. The maximum atomic E-state index is 2.44. The average Bonchev–Trinajstić information content (AvgIpc) is 2.03. The summed E-state index contributed by atoms with van der Waals surface area (Å²) in [6, 6.07) is 9.07. The molecule has 0 saturated heterocycles. The van der Waals surface area contributed by atoms with Gasteiger partial charge in [0.1, 0.15) is 0 Å². The van der Waals surface area contributed by atoms with Gasteiger partial charge in [-0.2, -0.15) is 0 Å². The summed E-state index contributed by atoms with van der Waals surface area (Å²) in [4.78, 5) is 1.37. The molecule has 0 aromatic heterocycles. The number of rotatable bonds is 3. The molecule has 0 atom stereocenters. The molecule has 0 N–H and O–H groups in total. The predicted octanol–water partition coefficient (Wildman–Crippen LogP) is 2.57. The molecule has 0 nitrogen and oxygen atoms in total. The Hall–Kier alpha value is 0.306. The standard InChI is InChI=1S/C10H16SSeSi/c1-11-9-5-7-10(8-6-9)12-13(2,3)4/h5-8H,1-4H3. The van der Waals surface area contributed by atoms with Crippen molar-refractivity contribution in [3.63, 3.8) is 0 Å². The molecule has 0 unspecified atom stereocenters. The van der Waals surface area contributed by atoms with E-state index in [4.69, 9.17) is 0 Å². The number of hydrogen-bond acceptors (Lipinski definition) is 1. The summed E-state index contributed by atoms with van der Waals surface area (Å²) in [5.74, 6) is 0. The fourth-order valence-corrected chi connectivity index (χ4v) is 7.84. The van der Waals surface area contributed by atoms with Crippen LogP contribution in [0, 0.1) is 0 Å². The van der Waals surface area contributed by atoms with E-state index in [0.717, 1.165) is 14.3 Å². The molecule has 1 rings (SSSR count). The predicted molar refractivity (Wildman–Crippen MR) is 67.0 cm³/mol. The second-order valence-electron chi connectivity index (χ2n) is 3.89. The Morgan fingerprint density at radius 3 is 2.00 bits per heavy atom. The van der Waals surface area contributed by atoms with Crippen LogP contribution in [0.15, 0.2) is 29.2 Å². The Morgan fingerprint density at radius 1 is 1.08 bits per heavy atom. The van der Waals surface area contributed by atoms with Gasteiger partial charge in [-0.3, -0.25) is 0 Å². The summed E-state index contributed by atoms with van der Waals surface area (Å²) in [5, 5.41) is 0. The van der Waals surface area contributed by atoms with Crippen molar-refractivity contribution in [3.05, 3.63) is 24.3 Å². The topological polar surface area (TPSA) is 0 Å². The molecule has 0 aliphatic carbocycles. The minimum absolute atomic E-state index is 0.726. The third kappa shape index (κ3) is 4.36. The summed E-state index contributed by atoms with van der Waals surface area (Å²) < 4.78 is 1.56. The fraction of sp³-hybridized carbons (Fsp3) is 0.400. The molecule has 0 aliphatic heterocycles. The van der Waals surface area contributed by atoms with Gasteiger partial charge in [-0.05, 0) is 0 Å². The van der Waals surface area contributed by atoms with E-state index in [1.807, 2.05) is 11.8 Å². The van der Waals surface area contributed by atoms with Crippen molar-refractivity contribution in [1.82, 2.24) is 0 Å². The molecule has 0 heterocycles. The van der Waals surface area contributed by atoms with Crippen LogP contribution in [0.2, 0.25) is 19.6 Å². The first-order valence-electron chi connectivity index (χ1n) is 4.34. The Morgan fingerprint density at radius 2 is 1.62 bits per heavy atom. The number of hydrogen-bond donors (Lipinski definition) is 0. The van der Waals surface area contributed by atoms with Gasteiger partial charge in [-0.25, -0.2) is 0 Å². The van der Waals surface area contributed by atoms with Crippen molar-refractivity contribution < 1.29 is 0 Å². The third-order valence-electron chi connectivity index (χ3n) is 1.48. The summed E-state index contributed by atoms with van der Waals surface area (Å²) in [5.41, 5.74) is 0. The Labute approximate surface area is 92.1 Å².